The van der Waals surface area contributed by atoms with E-state index in [4.69, 9.17) is 17.3 Å². The van der Waals surface area contributed by atoms with Crippen molar-refractivity contribution in [3.05, 3.63) is 29.3 Å². The summed E-state index contributed by atoms with van der Waals surface area (Å²) in [5, 5.41) is 0.559. The zero-order chi connectivity index (χ0) is 17.3. The normalized spacial score (nSPS) is 22.0. The maximum Gasteiger partial charge on any atom is 0.228 e. The molecule has 0 bridgehead atoms. The van der Waals surface area contributed by atoms with Crippen LogP contribution in [0.2, 0.25) is 5.02 Å². The van der Waals surface area contributed by atoms with Crippen molar-refractivity contribution < 1.29 is 14.4 Å². The highest BCUT2D eigenvalue weighted by Crippen LogP contribution is 2.29. The number of likely N-dealkylation sites (tertiary alicyclic amines) is 1. The summed E-state index contributed by atoms with van der Waals surface area (Å²) >= 11 is 5.98. The first-order chi connectivity index (χ1) is 11.5. The van der Waals surface area contributed by atoms with Gasteiger partial charge in [-0.15, -0.1) is 0 Å². The van der Waals surface area contributed by atoms with Crippen LogP contribution in [0.5, 0.6) is 0 Å². The van der Waals surface area contributed by atoms with Crippen LogP contribution in [0.3, 0.4) is 0 Å². The number of hydrogen-bond donors (Lipinski definition) is 1. The Hall–Kier alpha value is -2.08. The molecule has 0 unspecified atom stereocenters. The fraction of sp³-hybridized carbons (Fsp3) is 0.471. The number of carbonyl (C=O) groups is 3. The summed E-state index contributed by atoms with van der Waals surface area (Å²) in [5.74, 6) is -0.882. The second-order valence-electron chi connectivity index (χ2n) is 6.39. The van der Waals surface area contributed by atoms with Crippen LogP contribution in [0.4, 0.5) is 5.69 Å². The van der Waals surface area contributed by atoms with Crippen molar-refractivity contribution in [3.63, 3.8) is 0 Å². The smallest absolute Gasteiger partial charge is 0.228 e. The average Bonchev–Trinajstić information content (AvgIpc) is 2.96. The lowest BCUT2D eigenvalue weighted by molar-refractivity contribution is -0.138. The molecule has 2 saturated heterocycles. The number of amides is 3. The highest BCUT2D eigenvalue weighted by molar-refractivity contribution is 6.31. The molecule has 2 fully saturated rings. The molecule has 2 N–H and O–H groups in total. The van der Waals surface area contributed by atoms with E-state index in [0.717, 1.165) is 5.69 Å². The van der Waals surface area contributed by atoms with Crippen LogP contribution in [0, 0.1) is 11.8 Å². The highest BCUT2D eigenvalue weighted by Gasteiger charge is 2.38. The van der Waals surface area contributed by atoms with Crippen LogP contribution in [0.25, 0.3) is 0 Å². The molecule has 2 aliphatic heterocycles. The standard InChI is InChI=1S/C17H20ClN3O3/c18-13-2-1-3-14(9-13)21-10-12(8-15(21)22)17(24)20-6-4-11(5-7-20)16(19)23/h1-3,9,11-12H,4-8,10H2,(H2,19,23)/t12-/m1/s1. The zero-order valence-corrected chi connectivity index (χ0v) is 14.0. The van der Waals surface area contributed by atoms with Gasteiger partial charge < -0.3 is 15.5 Å². The van der Waals surface area contributed by atoms with Crippen molar-refractivity contribution in [1.82, 2.24) is 4.90 Å². The molecule has 0 aromatic heterocycles. The van der Waals surface area contributed by atoms with E-state index in [-0.39, 0.29) is 36.0 Å². The summed E-state index contributed by atoms with van der Waals surface area (Å²) in [5.41, 5.74) is 6.04. The summed E-state index contributed by atoms with van der Waals surface area (Å²) in [6.45, 7) is 1.41. The Labute approximate surface area is 145 Å². The molecule has 3 amide bonds. The van der Waals surface area contributed by atoms with Crippen molar-refractivity contribution in [2.24, 2.45) is 17.6 Å². The Bertz CT molecular complexity index is 671. The van der Waals surface area contributed by atoms with E-state index >= 15 is 0 Å². The summed E-state index contributed by atoms with van der Waals surface area (Å²) < 4.78 is 0. The third kappa shape index (κ3) is 3.38. The Morgan fingerprint density at radius 3 is 2.50 bits per heavy atom. The topological polar surface area (TPSA) is 83.7 Å². The van der Waals surface area contributed by atoms with Crippen molar-refractivity contribution in [2.45, 2.75) is 19.3 Å². The number of rotatable bonds is 3. The minimum Gasteiger partial charge on any atom is -0.369 e. The summed E-state index contributed by atoms with van der Waals surface area (Å²) in [4.78, 5) is 39.5. The van der Waals surface area contributed by atoms with Gasteiger partial charge in [-0.2, -0.15) is 0 Å². The fourth-order valence-corrected chi connectivity index (χ4v) is 3.59. The van der Waals surface area contributed by atoms with Gasteiger partial charge in [0.25, 0.3) is 0 Å². The molecule has 0 spiro atoms. The Balaban J connectivity index is 1.63. The predicted octanol–water partition coefficient (Wildman–Crippen LogP) is 1.42. The second-order valence-corrected chi connectivity index (χ2v) is 6.82. The van der Waals surface area contributed by atoms with E-state index in [0.29, 0.717) is 37.5 Å². The van der Waals surface area contributed by atoms with Gasteiger partial charge >= 0.3 is 0 Å². The van der Waals surface area contributed by atoms with Crippen LogP contribution in [0.1, 0.15) is 19.3 Å². The number of primary amides is 1. The first-order valence-corrected chi connectivity index (χ1v) is 8.47. The van der Waals surface area contributed by atoms with Crippen LogP contribution in [-0.4, -0.2) is 42.3 Å². The number of halogens is 1. The molecule has 2 aliphatic rings. The number of nitrogens with two attached hydrogens (primary N) is 1. The number of carbonyl (C=O) groups excluding carboxylic acids is 3. The van der Waals surface area contributed by atoms with Gasteiger partial charge in [0.15, 0.2) is 0 Å². The van der Waals surface area contributed by atoms with Crippen molar-refractivity contribution >= 4 is 35.0 Å². The summed E-state index contributed by atoms with van der Waals surface area (Å²) in [7, 11) is 0. The van der Waals surface area contributed by atoms with Gasteiger partial charge in [-0.25, -0.2) is 0 Å². The van der Waals surface area contributed by atoms with Crippen LogP contribution in [0.15, 0.2) is 24.3 Å². The summed E-state index contributed by atoms with van der Waals surface area (Å²) in [6.07, 6.45) is 1.40. The Morgan fingerprint density at radius 1 is 1.17 bits per heavy atom. The van der Waals surface area contributed by atoms with Crippen LogP contribution < -0.4 is 10.6 Å². The zero-order valence-electron chi connectivity index (χ0n) is 13.3. The van der Waals surface area contributed by atoms with Gasteiger partial charge in [0.05, 0.1) is 5.92 Å². The number of piperidine rings is 1. The van der Waals surface area contributed by atoms with Gasteiger partial charge in [-0.05, 0) is 31.0 Å². The third-order valence-corrected chi connectivity index (χ3v) is 5.04. The molecule has 2 heterocycles. The van der Waals surface area contributed by atoms with Gasteiger partial charge in [0.2, 0.25) is 17.7 Å². The molecular formula is C17H20ClN3O3. The van der Waals surface area contributed by atoms with Gasteiger partial charge in [-0.3, -0.25) is 14.4 Å². The van der Waals surface area contributed by atoms with E-state index < -0.39 is 0 Å². The molecule has 1 aromatic rings. The third-order valence-electron chi connectivity index (χ3n) is 4.80. The van der Waals surface area contributed by atoms with Crippen molar-refractivity contribution in [3.8, 4) is 0 Å². The van der Waals surface area contributed by atoms with Crippen LogP contribution >= 0.6 is 11.6 Å². The van der Waals surface area contributed by atoms with Crippen LogP contribution in [-0.2, 0) is 14.4 Å². The van der Waals surface area contributed by atoms with Gasteiger partial charge in [-0.1, -0.05) is 17.7 Å². The van der Waals surface area contributed by atoms with E-state index in [1.807, 2.05) is 6.07 Å². The van der Waals surface area contributed by atoms with E-state index in [1.165, 1.54) is 0 Å². The number of benzene rings is 1. The molecule has 6 nitrogen and oxygen atoms in total. The lowest BCUT2D eigenvalue weighted by Crippen LogP contribution is -2.44. The predicted molar refractivity (Wildman–Crippen MR) is 90.4 cm³/mol. The monoisotopic (exact) mass is 349 g/mol. The second kappa shape index (κ2) is 6.81. The first-order valence-electron chi connectivity index (χ1n) is 8.09. The molecule has 24 heavy (non-hydrogen) atoms. The molecule has 128 valence electrons. The lowest BCUT2D eigenvalue weighted by Gasteiger charge is -2.32. The maximum atomic E-state index is 12.7. The fourth-order valence-electron chi connectivity index (χ4n) is 3.41. The number of hydrogen-bond acceptors (Lipinski definition) is 3. The van der Waals surface area contributed by atoms with Gasteiger partial charge in [0.1, 0.15) is 0 Å². The first kappa shape index (κ1) is 16.8. The molecule has 0 aliphatic carbocycles. The van der Waals surface area contributed by atoms with E-state index in [9.17, 15) is 14.4 Å². The average molecular weight is 350 g/mol. The highest BCUT2D eigenvalue weighted by atomic mass is 35.5. The largest absolute Gasteiger partial charge is 0.369 e. The van der Waals surface area contributed by atoms with E-state index in [2.05, 4.69) is 0 Å². The Morgan fingerprint density at radius 2 is 1.88 bits per heavy atom. The molecule has 0 radical (unpaired) electrons. The molecule has 0 saturated carbocycles. The number of nitrogens with zero attached hydrogens (tertiary/aromatic N) is 2. The molecule has 3 rings (SSSR count). The lowest BCUT2D eigenvalue weighted by atomic mass is 9.95. The number of anilines is 1. The minimum absolute atomic E-state index is 0.0178. The van der Waals surface area contributed by atoms with Gasteiger partial charge in [0, 0.05) is 42.7 Å². The Kier molecular flexibility index (Phi) is 4.76. The van der Waals surface area contributed by atoms with Crippen molar-refractivity contribution in [1.29, 1.82) is 0 Å². The summed E-state index contributed by atoms with van der Waals surface area (Å²) in [6, 6.07) is 7.07. The maximum absolute atomic E-state index is 12.7. The molecule has 1 atom stereocenters. The van der Waals surface area contributed by atoms with Crippen molar-refractivity contribution in [2.75, 3.05) is 24.5 Å². The molecule has 7 heteroatoms. The quantitative estimate of drug-likeness (QED) is 0.895. The van der Waals surface area contributed by atoms with E-state index in [1.54, 1.807) is 28.0 Å². The molecule has 1 aromatic carbocycles. The molecular weight excluding hydrogens is 330 g/mol. The minimum atomic E-state index is -0.346. The SMILES string of the molecule is NC(=O)C1CCN(C(=O)[C@@H]2CC(=O)N(c3cccc(Cl)c3)C2)CC1.